The van der Waals surface area contributed by atoms with Crippen molar-refractivity contribution in [2.45, 2.75) is 45.8 Å². The number of fused-ring (bicyclic) bond motifs is 1. The fourth-order valence-corrected chi connectivity index (χ4v) is 5.22. The van der Waals surface area contributed by atoms with Crippen LogP contribution in [0.3, 0.4) is 0 Å². The molecule has 3 heterocycles. The third-order valence-electron chi connectivity index (χ3n) is 4.97. The molecule has 2 atom stereocenters. The van der Waals surface area contributed by atoms with Gasteiger partial charge in [-0.05, 0) is 25.3 Å². The summed E-state index contributed by atoms with van der Waals surface area (Å²) >= 11 is 0. The third-order valence-corrected chi connectivity index (χ3v) is 6.67. The Labute approximate surface area is 159 Å². The minimum absolute atomic E-state index is 0.0563. The predicted molar refractivity (Wildman–Crippen MR) is 99.5 cm³/mol. The molecule has 0 saturated carbocycles. The maximum Gasteiger partial charge on any atom is 0.272 e. The van der Waals surface area contributed by atoms with Gasteiger partial charge >= 0.3 is 0 Å². The van der Waals surface area contributed by atoms with Crippen LogP contribution in [-0.2, 0) is 21.4 Å². The van der Waals surface area contributed by atoms with Crippen molar-refractivity contribution in [1.82, 2.24) is 24.3 Å². The summed E-state index contributed by atoms with van der Waals surface area (Å²) in [5, 5.41) is 7.12. The number of nitrogens with one attached hydrogen (secondary N) is 1. The lowest BCUT2D eigenvalue weighted by molar-refractivity contribution is -0.130. The summed E-state index contributed by atoms with van der Waals surface area (Å²) in [6.07, 6.45) is 2.15. The van der Waals surface area contributed by atoms with Crippen LogP contribution in [0.1, 0.15) is 37.7 Å². The first kappa shape index (κ1) is 19.8. The van der Waals surface area contributed by atoms with Crippen LogP contribution in [0.4, 0.5) is 0 Å². The van der Waals surface area contributed by atoms with Gasteiger partial charge in [0.15, 0.2) is 0 Å². The lowest BCUT2D eigenvalue weighted by Crippen LogP contribution is -2.45. The minimum Gasteiger partial charge on any atom is -0.347 e. The molecule has 2 aliphatic rings. The van der Waals surface area contributed by atoms with Crippen molar-refractivity contribution in [1.29, 1.82) is 0 Å². The Balaban J connectivity index is 1.70. The molecule has 2 amide bonds. The number of amides is 2. The molecule has 9 nitrogen and oxygen atoms in total. The molecule has 1 aromatic heterocycles. The van der Waals surface area contributed by atoms with E-state index in [0.717, 1.165) is 4.31 Å². The molecular weight excluding hydrogens is 370 g/mol. The fourth-order valence-electron chi connectivity index (χ4n) is 3.61. The van der Waals surface area contributed by atoms with Crippen LogP contribution in [0.15, 0.2) is 12.3 Å². The second kappa shape index (κ2) is 7.59. The number of aryl methyl sites for hydroxylation is 1. The van der Waals surface area contributed by atoms with Crippen LogP contribution in [0.25, 0.3) is 0 Å². The van der Waals surface area contributed by atoms with E-state index in [1.54, 1.807) is 16.9 Å². The molecule has 2 fully saturated rings. The predicted octanol–water partition coefficient (Wildman–Crippen LogP) is -0.0963. The maximum absolute atomic E-state index is 12.9. The van der Waals surface area contributed by atoms with E-state index in [1.807, 2.05) is 25.7 Å². The van der Waals surface area contributed by atoms with Gasteiger partial charge in [-0.2, -0.15) is 5.10 Å². The Morgan fingerprint density at radius 2 is 2.15 bits per heavy atom. The molecule has 0 unspecified atom stereocenters. The van der Waals surface area contributed by atoms with E-state index in [9.17, 15) is 18.0 Å². The van der Waals surface area contributed by atoms with Gasteiger partial charge in [0, 0.05) is 38.4 Å². The molecule has 0 aromatic carbocycles. The topological polar surface area (TPSA) is 105 Å². The number of sulfonamides is 1. The average molecular weight is 398 g/mol. The second-order valence-electron chi connectivity index (χ2n) is 7.55. The highest BCUT2D eigenvalue weighted by molar-refractivity contribution is 7.89. The van der Waals surface area contributed by atoms with Crippen LogP contribution < -0.4 is 5.32 Å². The van der Waals surface area contributed by atoms with Gasteiger partial charge in [0.25, 0.3) is 11.8 Å². The Morgan fingerprint density at radius 1 is 1.41 bits per heavy atom. The maximum atomic E-state index is 12.9. The molecule has 2 aliphatic heterocycles. The molecule has 3 rings (SSSR count). The van der Waals surface area contributed by atoms with Gasteiger partial charge < -0.3 is 5.32 Å². The van der Waals surface area contributed by atoms with Crippen molar-refractivity contribution in [3.63, 3.8) is 0 Å². The fraction of sp³-hybridized carbons (Fsp3) is 0.706. The molecule has 0 spiro atoms. The van der Waals surface area contributed by atoms with Crippen molar-refractivity contribution in [2.75, 3.05) is 25.4 Å². The van der Waals surface area contributed by atoms with Crippen LogP contribution in [0.2, 0.25) is 0 Å². The van der Waals surface area contributed by atoms with Crippen molar-refractivity contribution >= 4 is 21.8 Å². The van der Waals surface area contributed by atoms with Crippen molar-refractivity contribution < 1.29 is 18.0 Å². The highest BCUT2D eigenvalue weighted by Crippen LogP contribution is 2.25. The Hall–Kier alpha value is -1.94. The SMILES string of the molecule is CCn1ccc(C(=O)N[C@H]2C[C@H]3C(=O)N(CC(C)C)S(=O)(=O)CCN3C2)n1. The number of aromatic nitrogens is 2. The number of carbonyl (C=O) groups excluding carboxylic acids is 2. The Morgan fingerprint density at radius 3 is 2.78 bits per heavy atom. The van der Waals surface area contributed by atoms with Gasteiger partial charge in [-0.25, -0.2) is 12.7 Å². The highest BCUT2D eigenvalue weighted by Gasteiger charge is 2.45. The van der Waals surface area contributed by atoms with E-state index in [4.69, 9.17) is 0 Å². The quantitative estimate of drug-likeness (QED) is 0.744. The zero-order valence-electron chi connectivity index (χ0n) is 16.0. The smallest absolute Gasteiger partial charge is 0.272 e. The standard InChI is InChI=1S/C17H27N5O4S/c1-4-21-6-5-14(19-21)16(23)18-13-9-15-17(24)22(10-12(2)3)27(25,26)8-7-20(15)11-13/h5-6,12-13,15H,4,7-11H2,1-3H3,(H,18,23)/t13-,15-/m0/s1. The first-order valence-electron chi connectivity index (χ1n) is 9.34. The largest absolute Gasteiger partial charge is 0.347 e. The summed E-state index contributed by atoms with van der Waals surface area (Å²) < 4.78 is 27.6. The van der Waals surface area contributed by atoms with Crippen molar-refractivity contribution in [2.24, 2.45) is 5.92 Å². The van der Waals surface area contributed by atoms with Gasteiger partial charge in [-0.1, -0.05) is 13.8 Å². The number of rotatable bonds is 5. The summed E-state index contributed by atoms with van der Waals surface area (Å²) in [4.78, 5) is 27.2. The lowest BCUT2D eigenvalue weighted by Gasteiger charge is -2.25. The lowest BCUT2D eigenvalue weighted by atomic mass is 10.1. The first-order valence-corrected chi connectivity index (χ1v) is 10.9. The number of hydrogen-bond acceptors (Lipinski definition) is 6. The van der Waals surface area contributed by atoms with Crippen molar-refractivity contribution in [3.8, 4) is 0 Å². The van der Waals surface area contributed by atoms with Crippen molar-refractivity contribution in [3.05, 3.63) is 18.0 Å². The van der Waals surface area contributed by atoms with E-state index >= 15 is 0 Å². The Kier molecular flexibility index (Phi) is 5.57. The summed E-state index contributed by atoms with van der Waals surface area (Å²) in [5.41, 5.74) is 0.342. The summed E-state index contributed by atoms with van der Waals surface area (Å²) in [5.74, 6) is -0.679. The molecule has 0 aliphatic carbocycles. The highest BCUT2D eigenvalue weighted by atomic mass is 32.2. The van der Waals surface area contributed by atoms with E-state index < -0.39 is 16.1 Å². The average Bonchev–Trinajstić information content (AvgIpc) is 3.22. The molecule has 150 valence electrons. The van der Waals surface area contributed by atoms with E-state index in [0.29, 0.717) is 31.7 Å². The summed E-state index contributed by atoms with van der Waals surface area (Å²) in [6, 6.07) is 0.938. The molecule has 27 heavy (non-hydrogen) atoms. The van der Waals surface area contributed by atoms with Gasteiger partial charge in [0.2, 0.25) is 10.0 Å². The third kappa shape index (κ3) is 4.16. The number of hydrogen-bond donors (Lipinski definition) is 1. The van der Waals surface area contributed by atoms with Gasteiger partial charge in [-0.15, -0.1) is 0 Å². The summed E-state index contributed by atoms with van der Waals surface area (Å²) in [7, 11) is -3.59. The van der Waals surface area contributed by atoms with Crippen LogP contribution in [-0.4, -0.2) is 76.7 Å². The zero-order chi connectivity index (χ0) is 19.8. The molecule has 1 aromatic rings. The Bertz CT molecular complexity index is 819. The van der Waals surface area contributed by atoms with E-state index in [-0.39, 0.29) is 36.1 Å². The second-order valence-corrected chi connectivity index (χ2v) is 9.57. The van der Waals surface area contributed by atoms with Crippen LogP contribution >= 0.6 is 0 Å². The van der Waals surface area contributed by atoms with E-state index in [2.05, 4.69) is 10.4 Å². The summed E-state index contributed by atoms with van der Waals surface area (Å²) in [6.45, 7) is 7.34. The minimum atomic E-state index is -3.59. The van der Waals surface area contributed by atoms with Gasteiger partial charge in [-0.3, -0.25) is 19.2 Å². The van der Waals surface area contributed by atoms with Crippen LogP contribution in [0.5, 0.6) is 0 Å². The molecule has 2 saturated heterocycles. The van der Waals surface area contributed by atoms with Gasteiger partial charge in [0.05, 0.1) is 11.8 Å². The molecular formula is C17H27N5O4S. The molecule has 0 radical (unpaired) electrons. The molecule has 0 bridgehead atoms. The van der Waals surface area contributed by atoms with Gasteiger partial charge in [0.1, 0.15) is 5.69 Å². The van der Waals surface area contributed by atoms with Crippen LogP contribution in [0, 0.1) is 5.92 Å². The zero-order valence-corrected chi connectivity index (χ0v) is 16.8. The number of carbonyl (C=O) groups is 2. The first-order chi connectivity index (χ1) is 12.7. The molecule has 10 heteroatoms. The van der Waals surface area contributed by atoms with E-state index in [1.165, 1.54) is 0 Å². The number of nitrogens with zero attached hydrogens (tertiary/aromatic N) is 4. The monoisotopic (exact) mass is 397 g/mol. The molecule has 1 N–H and O–H groups in total. The normalized spacial score (nSPS) is 25.5.